The lowest BCUT2D eigenvalue weighted by Crippen LogP contribution is -2.16. The molecule has 1 aliphatic rings. The average molecular weight is 280 g/mol. The lowest BCUT2D eigenvalue weighted by atomic mass is 9.91. The molecule has 1 aromatic rings. The Morgan fingerprint density at radius 3 is 2.95 bits per heavy atom. The van der Waals surface area contributed by atoms with E-state index < -0.39 is 0 Å². The van der Waals surface area contributed by atoms with Crippen LogP contribution < -0.4 is 11.3 Å². The Morgan fingerprint density at radius 2 is 2.26 bits per heavy atom. The molecule has 0 bridgehead atoms. The molecule has 5 heteroatoms. The molecule has 1 saturated carbocycles. The summed E-state index contributed by atoms with van der Waals surface area (Å²) < 4.78 is 0. The van der Waals surface area contributed by atoms with Crippen LogP contribution in [0.15, 0.2) is 11.1 Å². The van der Waals surface area contributed by atoms with Gasteiger partial charge in [0, 0.05) is 17.7 Å². The first-order valence-corrected chi connectivity index (χ1v) is 8.10. The zero-order valence-electron chi connectivity index (χ0n) is 11.9. The molecule has 0 amide bonds. The quantitative estimate of drug-likeness (QED) is 0.492. The van der Waals surface area contributed by atoms with E-state index in [1.54, 1.807) is 0 Å². The Balaban J connectivity index is 2.07. The molecule has 106 valence electrons. The van der Waals surface area contributed by atoms with Crippen molar-refractivity contribution in [2.75, 3.05) is 5.43 Å². The van der Waals surface area contributed by atoms with E-state index in [-0.39, 0.29) is 0 Å². The number of thioether (sulfide) groups is 1. The summed E-state index contributed by atoms with van der Waals surface area (Å²) in [7, 11) is 0. The minimum absolute atomic E-state index is 0.693. The minimum atomic E-state index is 0.693. The summed E-state index contributed by atoms with van der Waals surface area (Å²) in [5.41, 5.74) is 2.65. The highest BCUT2D eigenvalue weighted by Crippen LogP contribution is 2.35. The zero-order valence-corrected chi connectivity index (χ0v) is 12.7. The Hall–Kier alpha value is -0.810. The third-order valence-corrected chi connectivity index (χ3v) is 4.76. The van der Waals surface area contributed by atoms with Crippen molar-refractivity contribution in [1.29, 1.82) is 0 Å². The Labute approximate surface area is 119 Å². The minimum Gasteiger partial charge on any atom is -0.308 e. The molecule has 1 fully saturated rings. The first-order valence-electron chi connectivity index (χ1n) is 7.22. The van der Waals surface area contributed by atoms with E-state index in [9.17, 15) is 0 Å². The molecule has 3 N–H and O–H groups in total. The van der Waals surface area contributed by atoms with Gasteiger partial charge in [0.15, 0.2) is 0 Å². The lowest BCUT2D eigenvalue weighted by Gasteiger charge is -2.25. The maximum Gasteiger partial charge on any atom is 0.144 e. The Bertz CT molecular complexity index is 410. The van der Waals surface area contributed by atoms with Crippen molar-refractivity contribution in [3.63, 3.8) is 0 Å². The Kier molecular flexibility index (Phi) is 5.45. The third kappa shape index (κ3) is 4.35. The summed E-state index contributed by atoms with van der Waals surface area (Å²) in [5, 5.41) is 1.75. The monoisotopic (exact) mass is 280 g/mol. The number of hydrogen-bond donors (Lipinski definition) is 2. The van der Waals surface area contributed by atoms with Crippen LogP contribution >= 0.6 is 11.8 Å². The van der Waals surface area contributed by atoms with Gasteiger partial charge in [-0.15, -0.1) is 11.8 Å². The number of aryl methyl sites for hydroxylation is 1. The van der Waals surface area contributed by atoms with Gasteiger partial charge in [-0.1, -0.05) is 26.7 Å². The van der Waals surface area contributed by atoms with Crippen LogP contribution in [0.25, 0.3) is 0 Å². The van der Waals surface area contributed by atoms with Crippen molar-refractivity contribution in [3.05, 3.63) is 11.9 Å². The average Bonchev–Trinajstić information content (AvgIpc) is 2.39. The molecule has 19 heavy (non-hydrogen) atoms. The normalized spacial score (nSPS) is 23.3. The van der Waals surface area contributed by atoms with Crippen molar-refractivity contribution in [2.45, 2.75) is 62.6 Å². The molecule has 0 aromatic carbocycles. The predicted molar refractivity (Wildman–Crippen MR) is 81.1 cm³/mol. The van der Waals surface area contributed by atoms with Crippen molar-refractivity contribution in [2.24, 2.45) is 11.8 Å². The van der Waals surface area contributed by atoms with Crippen molar-refractivity contribution >= 4 is 17.6 Å². The number of anilines is 1. The van der Waals surface area contributed by atoms with Crippen LogP contribution in [0.3, 0.4) is 0 Å². The molecule has 4 nitrogen and oxygen atoms in total. The molecular formula is C14H24N4S. The smallest absolute Gasteiger partial charge is 0.144 e. The van der Waals surface area contributed by atoms with Crippen molar-refractivity contribution < 1.29 is 0 Å². The third-order valence-electron chi connectivity index (χ3n) is 3.55. The predicted octanol–water partition coefficient (Wildman–Crippen LogP) is 3.39. The van der Waals surface area contributed by atoms with E-state index >= 15 is 0 Å². The molecule has 2 rings (SSSR count). The van der Waals surface area contributed by atoms with Crippen molar-refractivity contribution in [1.82, 2.24) is 9.97 Å². The molecular weight excluding hydrogens is 256 g/mol. The number of nitrogens with one attached hydrogen (secondary N) is 1. The van der Waals surface area contributed by atoms with E-state index in [2.05, 4.69) is 29.2 Å². The van der Waals surface area contributed by atoms with Crippen LogP contribution in [0, 0.1) is 5.92 Å². The van der Waals surface area contributed by atoms with E-state index in [0.717, 1.165) is 35.4 Å². The first-order chi connectivity index (χ1) is 9.21. The number of nitrogens with zero attached hydrogens (tertiary/aromatic N) is 2. The van der Waals surface area contributed by atoms with Crippen LogP contribution in [0.5, 0.6) is 0 Å². The van der Waals surface area contributed by atoms with E-state index in [1.807, 2.05) is 17.8 Å². The van der Waals surface area contributed by atoms with E-state index in [0.29, 0.717) is 5.25 Å². The van der Waals surface area contributed by atoms with Gasteiger partial charge in [-0.25, -0.2) is 15.8 Å². The second-order valence-corrected chi connectivity index (χ2v) is 6.73. The van der Waals surface area contributed by atoms with Gasteiger partial charge in [0.05, 0.1) is 0 Å². The van der Waals surface area contributed by atoms with Gasteiger partial charge in [-0.2, -0.15) is 0 Å². The molecule has 1 aliphatic carbocycles. The number of aromatic nitrogens is 2. The molecule has 0 spiro atoms. The maximum atomic E-state index is 5.49. The fourth-order valence-corrected chi connectivity index (χ4v) is 3.99. The number of rotatable bonds is 5. The van der Waals surface area contributed by atoms with Crippen LogP contribution in [0.4, 0.5) is 5.82 Å². The summed E-state index contributed by atoms with van der Waals surface area (Å²) in [6.45, 7) is 4.49. The van der Waals surface area contributed by atoms with Crippen molar-refractivity contribution in [3.8, 4) is 0 Å². The summed E-state index contributed by atoms with van der Waals surface area (Å²) in [5.74, 6) is 7.95. The Morgan fingerprint density at radius 1 is 1.42 bits per heavy atom. The molecule has 0 aliphatic heterocycles. The fraction of sp³-hybridized carbons (Fsp3) is 0.714. The molecule has 0 radical (unpaired) electrons. The zero-order chi connectivity index (χ0) is 13.7. The summed E-state index contributed by atoms with van der Waals surface area (Å²) in [6, 6.07) is 1.96. The second kappa shape index (κ2) is 7.10. The van der Waals surface area contributed by atoms with Gasteiger partial charge >= 0.3 is 0 Å². The van der Waals surface area contributed by atoms with Gasteiger partial charge in [0.1, 0.15) is 16.7 Å². The van der Waals surface area contributed by atoms with Crippen LogP contribution in [0.1, 0.15) is 51.8 Å². The molecule has 2 unspecified atom stereocenters. The number of nitrogen functional groups attached to an aromatic ring is 1. The summed E-state index contributed by atoms with van der Waals surface area (Å²) in [6.07, 6.45) is 7.27. The topological polar surface area (TPSA) is 63.8 Å². The van der Waals surface area contributed by atoms with Gasteiger partial charge in [-0.3, -0.25) is 0 Å². The highest BCUT2D eigenvalue weighted by atomic mass is 32.2. The number of hydrogen-bond acceptors (Lipinski definition) is 5. The van der Waals surface area contributed by atoms with Crippen LogP contribution in [-0.4, -0.2) is 15.2 Å². The summed E-state index contributed by atoms with van der Waals surface area (Å²) >= 11 is 1.89. The summed E-state index contributed by atoms with van der Waals surface area (Å²) in [4.78, 5) is 9.04. The highest BCUT2D eigenvalue weighted by molar-refractivity contribution is 7.99. The van der Waals surface area contributed by atoms with E-state index in [4.69, 9.17) is 5.84 Å². The largest absolute Gasteiger partial charge is 0.308 e. The van der Waals surface area contributed by atoms with E-state index in [1.165, 1.54) is 25.7 Å². The molecule has 1 aromatic heterocycles. The molecule has 1 heterocycles. The number of nitrogens with two attached hydrogens (primary N) is 1. The number of hydrazine groups is 1. The molecule has 2 atom stereocenters. The second-order valence-electron chi connectivity index (χ2n) is 5.41. The standard InChI is InChI=1S/C14H24N4S/c1-3-5-12-16-13(18-15)9-14(17-12)19-11-7-4-6-10(2)8-11/h9-11H,3-8,15H2,1-2H3,(H,16,17,18). The lowest BCUT2D eigenvalue weighted by molar-refractivity contribution is 0.394. The first kappa shape index (κ1) is 14.6. The van der Waals surface area contributed by atoms with Gasteiger partial charge in [-0.05, 0) is 25.2 Å². The van der Waals surface area contributed by atoms with Gasteiger partial charge in [0.25, 0.3) is 0 Å². The molecule has 0 saturated heterocycles. The fourth-order valence-electron chi connectivity index (χ4n) is 2.60. The van der Waals surface area contributed by atoms with Gasteiger partial charge < -0.3 is 5.43 Å². The van der Waals surface area contributed by atoms with Crippen LogP contribution in [-0.2, 0) is 6.42 Å². The van der Waals surface area contributed by atoms with Crippen LogP contribution in [0.2, 0.25) is 0 Å². The highest BCUT2D eigenvalue weighted by Gasteiger charge is 2.20. The maximum absolute atomic E-state index is 5.49. The van der Waals surface area contributed by atoms with Gasteiger partial charge in [0.2, 0.25) is 0 Å². The SMILES string of the molecule is CCCc1nc(NN)cc(SC2CCCC(C)C2)n1.